The van der Waals surface area contributed by atoms with E-state index in [0.717, 1.165) is 10.6 Å². The minimum atomic E-state index is -4.64. The number of hydrogen-bond acceptors (Lipinski definition) is 4. The van der Waals surface area contributed by atoms with Crippen LogP contribution >= 0.6 is 11.3 Å². The third kappa shape index (κ3) is 3.33. The van der Waals surface area contributed by atoms with Crippen molar-refractivity contribution >= 4 is 16.9 Å². The van der Waals surface area contributed by atoms with Gasteiger partial charge in [0.25, 0.3) is 0 Å². The molecule has 0 aromatic carbocycles. The van der Waals surface area contributed by atoms with Crippen molar-refractivity contribution < 1.29 is 23.0 Å². The largest absolute Gasteiger partial charge is 0.572 e. The second-order valence-corrected chi connectivity index (χ2v) is 4.53. The van der Waals surface area contributed by atoms with Crippen LogP contribution in [-0.2, 0) is 11.3 Å². The molecular formula is C11H10F3NO2S. The molecule has 0 unspecified atom stereocenters. The Morgan fingerprint density at radius 2 is 2.11 bits per heavy atom. The molecule has 0 aliphatic heterocycles. The molecule has 0 bridgehead atoms. The molecule has 0 spiro atoms. The number of aliphatic hydroxyl groups is 1. The van der Waals surface area contributed by atoms with Crippen LogP contribution in [0.2, 0.25) is 0 Å². The number of aliphatic hydroxyl groups excluding tert-OH is 1. The second kappa shape index (κ2) is 5.11. The number of thiazole rings is 1. The summed E-state index contributed by atoms with van der Waals surface area (Å²) >= 11 is 1.36. The molecule has 1 aliphatic rings. The number of nitrogens with zero attached hydrogens (tertiary/aromatic N) is 1. The number of ether oxygens (including phenoxy) is 1. The van der Waals surface area contributed by atoms with Crippen molar-refractivity contribution in [1.82, 2.24) is 4.98 Å². The van der Waals surface area contributed by atoms with Gasteiger partial charge in [-0.05, 0) is 18.1 Å². The van der Waals surface area contributed by atoms with Crippen LogP contribution in [0.4, 0.5) is 13.2 Å². The maximum Gasteiger partial charge on any atom is 0.572 e. The molecule has 1 N–H and O–H groups in total. The monoisotopic (exact) mass is 277 g/mol. The predicted octanol–water partition coefficient (Wildman–Crippen LogP) is 3.23. The van der Waals surface area contributed by atoms with Crippen molar-refractivity contribution in [3.8, 4) is 0 Å². The van der Waals surface area contributed by atoms with Crippen LogP contribution in [0.1, 0.15) is 23.5 Å². The number of allylic oxidation sites excluding steroid dienone is 4. The van der Waals surface area contributed by atoms with Crippen LogP contribution in [-0.4, -0.2) is 16.5 Å². The zero-order valence-electron chi connectivity index (χ0n) is 9.20. The summed E-state index contributed by atoms with van der Waals surface area (Å²) in [6, 6.07) is 0. The van der Waals surface area contributed by atoms with E-state index in [-0.39, 0.29) is 18.8 Å². The number of halogens is 3. The summed E-state index contributed by atoms with van der Waals surface area (Å²) in [7, 11) is 0. The van der Waals surface area contributed by atoms with Crippen molar-refractivity contribution in [2.45, 2.75) is 25.8 Å². The van der Waals surface area contributed by atoms with Crippen LogP contribution in [0, 0.1) is 0 Å². The summed E-state index contributed by atoms with van der Waals surface area (Å²) in [4.78, 5) is 4.16. The first-order valence-electron chi connectivity index (χ1n) is 5.19. The van der Waals surface area contributed by atoms with Crippen LogP contribution in [0.5, 0.6) is 0 Å². The minimum Gasteiger partial charge on any atom is -0.410 e. The Morgan fingerprint density at radius 1 is 1.33 bits per heavy atom. The van der Waals surface area contributed by atoms with Crippen LogP contribution in [0.3, 0.4) is 0 Å². The molecule has 0 atom stereocenters. The van der Waals surface area contributed by atoms with E-state index in [4.69, 9.17) is 5.11 Å². The molecule has 7 heteroatoms. The van der Waals surface area contributed by atoms with Crippen LogP contribution < -0.4 is 0 Å². The van der Waals surface area contributed by atoms with Crippen LogP contribution in [0.25, 0.3) is 5.57 Å². The van der Waals surface area contributed by atoms with Crippen molar-refractivity contribution in [3.05, 3.63) is 34.0 Å². The van der Waals surface area contributed by atoms with E-state index in [0.29, 0.717) is 12.1 Å². The van der Waals surface area contributed by atoms with E-state index in [1.165, 1.54) is 17.4 Å². The highest BCUT2D eigenvalue weighted by atomic mass is 32.1. The summed E-state index contributed by atoms with van der Waals surface area (Å²) in [6.07, 6.45) is -1.11. The summed E-state index contributed by atoms with van der Waals surface area (Å²) in [6.45, 7) is -0.137. The Morgan fingerprint density at radius 3 is 2.61 bits per heavy atom. The molecule has 1 aromatic rings. The quantitative estimate of drug-likeness (QED) is 0.922. The molecule has 98 valence electrons. The molecule has 2 rings (SSSR count). The maximum atomic E-state index is 12.0. The zero-order valence-corrected chi connectivity index (χ0v) is 10.0. The Balaban J connectivity index is 2.09. The average Bonchev–Trinajstić information content (AvgIpc) is 2.76. The van der Waals surface area contributed by atoms with E-state index < -0.39 is 6.36 Å². The summed E-state index contributed by atoms with van der Waals surface area (Å²) in [5.41, 5.74) is 1.42. The molecule has 1 aromatic heterocycles. The standard InChI is InChI=1S/C11H10F3NO2S/c12-11(13,14)17-9-3-1-7(2-4-9)10-15-8(5-16)6-18-10/h1,3,6,16H,2,4-5H2. The summed E-state index contributed by atoms with van der Waals surface area (Å²) < 4.78 is 39.8. The van der Waals surface area contributed by atoms with Gasteiger partial charge in [0, 0.05) is 11.8 Å². The van der Waals surface area contributed by atoms with E-state index in [1.807, 2.05) is 0 Å². The van der Waals surface area contributed by atoms with Gasteiger partial charge in [-0.1, -0.05) is 6.08 Å². The first-order chi connectivity index (χ1) is 8.48. The predicted molar refractivity (Wildman–Crippen MR) is 60.5 cm³/mol. The second-order valence-electron chi connectivity index (χ2n) is 3.67. The molecule has 1 aliphatic carbocycles. The first-order valence-corrected chi connectivity index (χ1v) is 6.07. The molecule has 0 saturated carbocycles. The number of rotatable bonds is 3. The molecule has 3 nitrogen and oxygen atoms in total. The lowest BCUT2D eigenvalue weighted by atomic mass is 10.0. The van der Waals surface area contributed by atoms with Crippen LogP contribution in [0.15, 0.2) is 23.3 Å². The lowest BCUT2D eigenvalue weighted by Gasteiger charge is -2.15. The number of hydrogen-bond donors (Lipinski definition) is 1. The molecule has 18 heavy (non-hydrogen) atoms. The van der Waals surface area contributed by atoms with Crippen molar-refractivity contribution in [2.75, 3.05) is 0 Å². The third-order valence-corrected chi connectivity index (χ3v) is 3.31. The minimum absolute atomic E-state index is 0.0924. The van der Waals surface area contributed by atoms with Gasteiger partial charge in [-0.25, -0.2) is 4.98 Å². The van der Waals surface area contributed by atoms with Gasteiger partial charge in [0.15, 0.2) is 0 Å². The highest BCUT2D eigenvalue weighted by molar-refractivity contribution is 7.10. The van der Waals surface area contributed by atoms with Gasteiger partial charge in [0.2, 0.25) is 0 Å². The third-order valence-electron chi connectivity index (χ3n) is 2.35. The summed E-state index contributed by atoms with van der Waals surface area (Å²) in [5.74, 6) is -0.0924. The van der Waals surface area contributed by atoms with Gasteiger partial charge >= 0.3 is 6.36 Å². The smallest absolute Gasteiger partial charge is 0.410 e. The Hall–Kier alpha value is -1.34. The normalized spacial score (nSPS) is 16.2. The fourth-order valence-electron chi connectivity index (χ4n) is 1.56. The van der Waals surface area contributed by atoms with E-state index >= 15 is 0 Å². The SMILES string of the molecule is OCc1csc(C2=CC=C(OC(F)(F)F)CC2)n1. The Labute approximate surface area is 105 Å². The Kier molecular flexibility index (Phi) is 3.72. The summed E-state index contributed by atoms with van der Waals surface area (Å²) in [5, 5.41) is 11.3. The van der Waals surface area contributed by atoms with Gasteiger partial charge in [-0.2, -0.15) is 0 Å². The molecule has 0 fully saturated rings. The van der Waals surface area contributed by atoms with Gasteiger partial charge < -0.3 is 9.84 Å². The fourth-order valence-corrected chi connectivity index (χ4v) is 2.42. The molecule has 0 amide bonds. The number of alkyl halides is 3. The first kappa shape index (κ1) is 13.1. The maximum absolute atomic E-state index is 12.0. The molecular weight excluding hydrogens is 267 g/mol. The Bertz CT molecular complexity index is 491. The lowest BCUT2D eigenvalue weighted by molar-refractivity contribution is -0.306. The molecule has 0 radical (unpaired) electrons. The van der Waals surface area contributed by atoms with Gasteiger partial charge in [0.1, 0.15) is 10.8 Å². The molecule has 1 heterocycles. The fraction of sp³-hybridized carbons (Fsp3) is 0.364. The molecule has 0 saturated heterocycles. The van der Waals surface area contributed by atoms with E-state index in [1.54, 1.807) is 11.5 Å². The highest BCUT2D eigenvalue weighted by Crippen LogP contribution is 2.32. The van der Waals surface area contributed by atoms with E-state index in [9.17, 15) is 13.2 Å². The van der Waals surface area contributed by atoms with Gasteiger partial charge in [-0.15, -0.1) is 24.5 Å². The van der Waals surface area contributed by atoms with Crippen molar-refractivity contribution in [2.24, 2.45) is 0 Å². The van der Waals surface area contributed by atoms with E-state index in [2.05, 4.69) is 9.72 Å². The topological polar surface area (TPSA) is 42.4 Å². The highest BCUT2D eigenvalue weighted by Gasteiger charge is 2.32. The van der Waals surface area contributed by atoms with Gasteiger partial charge in [-0.3, -0.25) is 0 Å². The number of aromatic nitrogens is 1. The van der Waals surface area contributed by atoms with Gasteiger partial charge in [0.05, 0.1) is 12.3 Å². The average molecular weight is 277 g/mol. The lowest BCUT2D eigenvalue weighted by Crippen LogP contribution is -2.13. The van der Waals surface area contributed by atoms with Crippen molar-refractivity contribution in [3.63, 3.8) is 0 Å². The zero-order chi connectivity index (χ0) is 13.2. The van der Waals surface area contributed by atoms with Crippen molar-refractivity contribution in [1.29, 1.82) is 0 Å².